The molecule has 1 aromatic rings. The Morgan fingerprint density at radius 3 is 2.88 bits per heavy atom. The lowest BCUT2D eigenvalue weighted by Crippen LogP contribution is -2.38. The zero-order valence-electron chi connectivity index (χ0n) is 10.2. The summed E-state index contributed by atoms with van der Waals surface area (Å²) >= 11 is 0. The summed E-state index contributed by atoms with van der Waals surface area (Å²) in [5.74, 6) is -0.651. The molecule has 1 aromatic heterocycles. The Balaban J connectivity index is 2.64. The standard InChI is InChI=1S/C11H17FN4O/c1-4-5-13-11(17)8(3)16-10-9(12)7(2)14-6-15-10/h6,8H,4-5H2,1-3H3,(H,13,17)(H,14,15,16). The lowest BCUT2D eigenvalue weighted by Gasteiger charge is -2.14. The van der Waals surface area contributed by atoms with Gasteiger partial charge in [0, 0.05) is 6.54 Å². The molecule has 0 spiro atoms. The maximum Gasteiger partial charge on any atom is 0.242 e. The Morgan fingerprint density at radius 2 is 2.24 bits per heavy atom. The van der Waals surface area contributed by atoms with Gasteiger partial charge < -0.3 is 10.6 Å². The molecule has 0 aromatic carbocycles. The lowest BCUT2D eigenvalue weighted by molar-refractivity contribution is -0.121. The van der Waals surface area contributed by atoms with Crippen molar-refractivity contribution in [2.45, 2.75) is 33.2 Å². The average molecular weight is 240 g/mol. The van der Waals surface area contributed by atoms with Gasteiger partial charge >= 0.3 is 0 Å². The summed E-state index contributed by atoms with van der Waals surface area (Å²) in [5, 5.41) is 5.44. The van der Waals surface area contributed by atoms with Gasteiger partial charge in [-0.3, -0.25) is 4.79 Å². The highest BCUT2D eigenvalue weighted by Crippen LogP contribution is 2.12. The molecule has 0 fully saturated rings. The minimum Gasteiger partial charge on any atom is -0.356 e. The minimum atomic E-state index is -0.537. The average Bonchev–Trinajstić information content (AvgIpc) is 2.31. The number of aryl methyl sites for hydroxylation is 1. The van der Waals surface area contributed by atoms with E-state index in [1.165, 1.54) is 6.33 Å². The van der Waals surface area contributed by atoms with Crippen LogP contribution in [0, 0.1) is 12.7 Å². The number of amides is 1. The highest BCUT2D eigenvalue weighted by molar-refractivity contribution is 5.83. The van der Waals surface area contributed by atoms with Gasteiger partial charge in [0.15, 0.2) is 11.6 Å². The molecule has 0 aliphatic heterocycles. The Labute approximate surface area is 99.9 Å². The second-order valence-electron chi connectivity index (χ2n) is 3.78. The van der Waals surface area contributed by atoms with Gasteiger partial charge in [-0.1, -0.05) is 6.92 Å². The molecular weight excluding hydrogens is 223 g/mol. The number of nitrogens with one attached hydrogen (secondary N) is 2. The van der Waals surface area contributed by atoms with Crippen LogP contribution >= 0.6 is 0 Å². The summed E-state index contributed by atoms with van der Waals surface area (Å²) in [6.45, 7) is 5.77. The van der Waals surface area contributed by atoms with Crippen molar-refractivity contribution in [3.05, 3.63) is 17.8 Å². The Kier molecular flexibility index (Phi) is 4.81. The Morgan fingerprint density at radius 1 is 1.53 bits per heavy atom. The fraction of sp³-hybridized carbons (Fsp3) is 0.545. The normalized spacial score (nSPS) is 12.0. The number of carbonyl (C=O) groups excluding carboxylic acids is 1. The van der Waals surface area contributed by atoms with E-state index in [-0.39, 0.29) is 17.4 Å². The third-order valence-electron chi connectivity index (χ3n) is 2.26. The van der Waals surface area contributed by atoms with Crippen LogP contribution in [0.4, 0.5) is 10.2 Å². The number of hydrogen-bond donors (Lipinski definition) is 2. The highest BCUT2D eigenvalue weighted by Gasteiger charge is 2.15. The van der Waals surface area contributed by atoms with Gasteiger partial charge in [0.2, 0.25) is 5.91 Å². The second-order valence-corrected chi connectivity index (χ2v) is 3.78. The molecule has 94 valence electrons. The van der Waals surface area contributed by atoms with Crippen LogP contribution in [-0.2, 0) is 4.79 Å². The quantitative estimate of drug-likeness (QED) is 0.813. The van der Waals surface area contributed by atoms with Crippen molar-refractivity contribution in [2.24, 2.45) is 0 Å². The zero-order chi connectivity index (χ0) is 12.8. The molecule has 1 atom stereocenters. The van der Waals surface area contributed by atoms with E-state index in [2.05, 4.69) is 20.6 Å². The first kappa shape index (κ1) is 13.3. The van der Waals surface area contributed by atoms with Crippen molar-refractivity contribution in [2.75, 3.05) is 11.9 Å². The summed E-state index contributed by atoms with van der Waals surface area (Å²) < 4.78 is 13.6. The molecule has 0 saturated carbocycles. The number of aromatic nitrogens is 2. The summed E-state index contributed by atoms with van der Waals surface area (Å²) in [7, 11) is 0. The molecule has 1 amide bonds. The molecule has 0 saturated heterocycles. The number of halogens is 1. The van der Waals surface area contributed by atoms with E-state index < -0.39 is 11.9 Å². The summed E-state index contributed by atoms with van der Waals surface area (Å²) in [5.41, 5.74) is 0.253. The molecule has 0 aliphatic carbocycles. The fourth-order valence-corrected chi connectivity index (χ4v) is 1.23. The van der Waals surface area contributed by atoms with Crippen LogP contribution in [0.25, 0.3) is 0 Å². The van der Waals surface area contributed by atoms with Crippen molar-refractivity contribution in [3.8, 4) is 0 Å². The van der Waals surface area contributed by atoms with Crippen LogP contribution in [0.5, 0.6) is 0 Å². The molecule has 1 rings (SSSR count). The lowest BCUT2D eigenvalue weighted by atomic mass is 10.3. The molecule has 6 heteroatoms. The first-order valence-corrected chi connectivity index (χ1v) is 5.57. The molecule has 1 heterocycles. The molecule has 5 nitrogen and oxygen atoms in total. The van der Waals surface area contributed by atoms with Crippen LogP contribution in [0.1, 0.15) is 26.0 Å². The van der Waals surface area contributed by atoms with Crippen molar-refractivity contribution in [1.82, 2.24) is 15.3 Å². The topological polar surface area (TPSA) is 66.9 Å². The van der Waals surface area contributed by atoms with Crippen molar-refractivity contribution in [1.29, 1.82) is 0 Å². The van der Waals surface area contributed by atoms with E-state index in [1.807, 2.05) is 6.92 Å². The van der Waals surface area contributed by atoms with Crippen LogP contribution in [-0.4, -0.2) is 28.5 Å². The molecule has 1 unspecified atom stereocenters. The molecule has 2 N–H and O–H groups in total. The van der Waals surface area contributed by atoms with Gasteiger partial charge in [-0.05, 0) is 20.3 Å². The number of nitrogens with zero attached hydrogens (tertiary/aromatic N) is 2. The smallest absolute Gasteiger partial charge is 0.242 e. The van der Waals surface area contributed by atoms with E-state index in [0.29, 0.717) is 6.54 Å². The SMILES string of the molecule is CCCNC(=O)C(C)Nc1ncnc(C)c1F. The molecule has 0 radical (unpaired) electrons. The Hall–Kier alpha value is -1.72. The van der Waals surface area contributed by atoms with E-state index in [0.717, 1.165) is 6.42 Å². The molecule has 17 heavy (non-hydrogen) atoms. The monoisotopic (exact) mass is 240 g/mol. The summed E-state index contributed by atoms with van der Waals surface area (Å²) in [4.78, 5) is 19.0. The number of carbonyl (C=O) groups is 1. The largest absolute Gasteiger partial charge is 0.356 e. The van der Waals surface area contributed by atoms with Gasteiger partial charge in [0.1, 0.15) is 12.4 Å². The third-order valence-corrected chi connectivity index (χ3v) is 2.26. The van der Waals surface area contributed by atoms with Crippen LogP contribution < -0.4 is 10.6 Å². The summed E-state index contributed by atoms with van der Waals surface area (Å²) in [6.07, 6.45) is 2.12. The number of rotatable bonds is 5. The predicted molar refractivity (Wildman–Crippen MR) is 63.1 cm³/mol. The molecule has 0 aliphatic rings. The van der Waals surface area contributed by atoms with Crippen molar-refractivity contribution < 1.29 is 9.18 Å². The van der Waals surface area contributed by atoms with Crippen LogP contribution in [0.3, 0.4) is 0 Å². The van der Waals surface area contributed by atoms with Gasteiger partial charge in [0.05, 0.1) is 5.69 Å². The van der Waals surface area contributed by atoms with Crippen LogP contribution in [0.15, 0.2) is 6.33 Å². The highest BCUT2D eigenvalue weighted by atomic mass is 19.1. The fourth-order valence-electron chi connectivity index (χ4n) is 1.23. The van der Waals surface area contributed by atoms with Gasteiger partial charge in [-0.2, -0.15) is 0 Å². The maximum absolute atomic E-state index is 13.6. The molecular formula is C11H17FN4O. The van der Waals surface area contributed by atoms with Gasteiger partial charge in [0.25, 0.3) is 0 Å². The van der Waals surface area contributed by atoms with E-state index >= 15 is 0 Å². The molecule has 0 bridgehead atoms. The van der Waals surface area contributed by atoms with Crippen molar-refractivity contribution in [3.63, 3.8) is 0 Å². The minimum absolute atomic E-state index is 0.0525. The van der Waals surface area contributed by atoms with E-state index in [4.69, 9.17) is 0 Å². The first-order valence-electron chi connectivity index (χ1n) is 5.57. The van der Waals surface area contributed by atoms with E-state index in [9.17, 15) is 9.18 Å². The maximum atomic E-state index is 13.6. The van der Waals surface area contributed by atoms with Gasteiger partial charge in [-0.25, -0.2) is 14.4 Å². The second kappa shape index (κ2) is 6.12. The Bertz CT molecular complexity index is 397. The van der Waals surface area contributed by atoms with Gasteiger partial charge in [-0.15, -0.1) is 0 Å². The number of anilines is 1. The van der Waals surface area contributed by atoms with E-state index in [1.54, 1.807) is 13.8 Å². The van der Waals surface area contributed by atoms with Crippen LogP contribution in [0.2, 0.25) is 0 Å². The zero-order valence-corrected chi connectivity index (χ0v) is 10.2. The predicted octanol–water partition coefficient (Wildman–Crippen LogP) is 1.25. The third kappa shape index (κ3) is 3.65. The first-order chi connectivity index (χ1) is 8.06. The number of hydrogen-bond acceptors (Lipinski definition) is 4. The van der Waals surface area contributed by atoms with Crippen molar-refractivity contribution >= 4 is 11.7 Å². The summed E-state index contributed by atoms with van der Waals surface area (Å²) in [6, 6.07) is -0.537.